The van der Waals surface area contributed by atoms with Crippen molar-refractivity contribution in [2.45, 2.75) is 0 Å². The molecule has 0 fully saturated rings. The highest BCUT2D eigenvalue weighted by Crippen LogP contribution is 2.22. The molecule has 5 nitrogen and oxygen atoms in total. The third-order valence-electron chi connectivity index (χ3n) is 2.95. The summed E-state index contributed by atoms with van der Waals surface area (Å²) in [6, 6.07) is 13.8. The van der Waals surface area contributed by atoms with E-state index in [0.717, 1.165) is 16.5 Å². The Morgan fingerprint density at radius 1 is 1.10 bits per heavy atom. The molecule has 3 rings (SSSR count). The molecular formula is C15H11N3O2. The maximum atomic E-state index is 11.1. The number of carboxylic acid groups (broad SMARTS) is 1. The van der Waals surface area contributed by atoms with E-state index in [-0.39, 0.29) is 11.4 Å². The predicted molar refractivity (Wildman–Crippen MR) is 76.2 cm³/mol. The van der Waals surface area contributed by atoms with E-state index in [0.29, 0.717) is 0 Å². The Hall–Kier alpha value is -2.95. The van der Waals surface area contributed by atoms with Crippen LogP contribution in [0.25, 0.3) is 10.8 Å². The second-order valence-corrected chi connectivity index (χ2v) is 4.28. The number of nitrogens with one attached hydrogen (secondary N) is 1. The van der Waals surface area contributed by atoms with Gasteiger partial charge in [-0.2, -0.15) is 0 Å². The summed E-state index contributed by atoms with van der Waals surface area (Å²) in [5.41, 5.74) is 0.825. The fourth-order valence-corrected chi connectivity index (χ4v) is 1.99. The molecule has 0 aliphatic rings. The van der Waals surface area contributed by atoms with Crippen LogP contribution in [-0.4, -0.2) is 21.0 Å². The van der Waals surface area contributed by atoms with Gasteiger partial charge in [-0.05, 0) is 22.9 Å². The Kier molecular flexibility index (Phi) is 3.01. The van der Waals surface area contributed by atoms with Crippen LogP contribution < -0.4 is 5.32 Å². The second kappa shape index (κ2) is 4.97. The second-order valence-electron chi connectivity index (χ2n) is 4.28. The van der Waals surface area contributed by atoms with E-state index in [9.17, 15) is 4.79 Å². The molecule has 0 aliphatic carbocycles. The molecule has 1 aromatic heterocycles. The normalized spacial score (nSPS) is 10.4. The van der Waals surface area contributed by atoms with E-state index >= 15 is 0 Å². The number of hydrogen-bond acceptors (Lipinski definition) is 4. The molecule has 1 heterocycles. The lowest BCUT2D eigenvalue weighted by molar-refractivity contribution is 0.0697. The Morgan fingerprint density at radius 3 is 2.70 bits per heavy atom. The molecular weight excluding hydrogens is 254 g/mol. The summed E-state index contributed by atoms with van der Waals surface area (Å²) in [5.74, 6) is -0.781. The van der Waals surface area contributed by atoms with Crippen LogP contribution in [0.3, 0.4) is 0 Å². The van der Waals surface area contributed by atoms with Gasteiger partial charge in [-0.1, -0.05) is 30.3 Å². The van der Waals surface area contributed by atoms with E-state index in [1.807, 2.05) is 42.5 Å². The van der Waals surface area contributed by atoms with Gasteiger partial charge in [-0.3, -0.25) is 0 Å². The fourth-order valence-electron chi connectivity index (χ4n) is 1.99. The number of hydrogen-bond donors (Lipinski definition) is 2. The van der Waals surface area contributed by atoms with Crippen LogP contribution in [0.15, 0.2) is 55.0 Å². The Balaban J connectivity index is 1.99. The van der Waals surface area contributed by atoms with E-state index in [1.165, 1.54) is 12.5 Å². The summed E-state index contributed by atoms with van der Waals surface area (Å²) in [5, 5.41) is 14.3. The molecule has 2 aromatic carbocycles. The van der Waals surface area contributed by atoms with Crippen LogP contribution >= 0.6 is 0 Å². The highest BCUT2D eigenvalue weighted by Gasteiger charge is 2.11. The number of nitrogens with zero attached hydrogens (tertiary/aromatic N) is 2. The first-order valence-corrected chi connectivity index (χ1v) is 6.03. The summed E-state index contributed by atoms with van der Waals surface area (Å²) >= 11 is 0. The maximum absolute atomic E-state index is 11.1. The number of anilines is 2. The zero-order chi connectivity index (χ0) is 13.9. The number of fused-ring (bicyclic) bond motifs is 1. The Bertz CT molecular complexity index is 787. The van der Waals surface area contributed by atoms with Crippen molar-refractivity contribution in [2.24, 2.45) is 0 Å². The van der Waals surface area contributed by atoms with Gasteiger partial charge in [0.2, 0.25) is 0 Å². The molecule has 0 aliphatic heterocycles. The number of aromatic carboxylic acids is 1. The van der Waals surface area contributed by atoms with Gasteiger partial charge in [0.1, 0.15) is 17.7 Å². The van der Waals surface area contributed by atoms with E-state index in [2.05, 4.69) is 15.3 Å². The molecule has 0 radical (unpaired) electrons. The summed E-state index contributed by atoms with van der Waals surface area (Å²) < 4.78 is 0. The van der Waals surface area contributed by atoms with Crippen molar-refractivity contribution in [3.05, 3.63) is 60.6 Å². The number of carbonyl (C=O) groups is 1. The van der Waals surface area contributed by atoms with E-state index in [1.54, 1.807) is 0 Å². The molecule has 20 heavy (non-hydrogen) atoms. The monoisotopic (exact) mass is 265 g/mol. The van der Waals surface area contributed by atoms with Gasteiger partial charge in [0.15, 0.2) is 0 Å². The first-order chi connectivity index (χ1) is 9.74. The molecule has 0 bridgehead atoms. The minimum Gasteiger partial charge on any atom is -0.477 e. The quantitative estimate of drug-likeness (QED) is 0.761. The molecule has 0 unspecified atom stereocenters. The minimum atomic E-state index is -1.06. The molecule has 0 saturated carbocycles. The van der Waals surface area contributed by atoms with Crippen molar-refractivity contribution in [1.29, 1.82) is 0 Å². The zero-order valence-electron chi connectivity index (χ0n) is 10.4. The van der Waals surface area contributed by atoms with Crippen molar-refractivity contribution in [3.63, 3.8) is 0 Å². The molecule has 2 N–H and O–H groups in total. The van der Waals surface area contributed by atoms with Crippen LogP contribution in [0.5, 0.6) is 0 Å². The lowest BCUT2D eigenvalue weighted by Gasteiger charge is -2.08. The predicted octanol–water partition coefficient (Wildman–Crippen LogP) is 3.07. The standard InChI is InChI=1S/C15H11N3O2/c19-15(20)13-8-16-9-17-14(13)18-12-6-5-10-3-1-2-4-11(10)7-12/h1-9H,(H,19,20)(H,16,17,18). The molecule has 5 heteroatoms. The average Bonchev–Trinajstić information content (AvgIpc) is 2.47. The van der Waals surface area contributed by atoms with Gasteiger partial charge < -0.3 is 10.4 Å². The minimum absolute atomic E-state index is 0.0423. The highest BCUT2D eigenvalue weighted by molar-refractivity contribution is 5.94. The first kappa shape index (κ1) is 12.1. The smallest absolute Gasteiger partial charge is 0.341 e. The lowest BCUT2D eigenvalue weighted by atomic mass is 10.1. The zero-order valence-corrected chi connectivity index (χ0v) is 10.4. The number of aromatic nitrogens is 2. The van der Waals surface area contributed by atoms with Gasteiger partial charge in [-0.25, -0.2) is 14.8 Å². The SMILES string of the molecule is O=C(O)c1cncnc1Nc1ccc2ccccc2c1. The van der Waals surface area contributed by atoms with Crippen LogP contribution in [0.4, 0.5) is 11.5 Å². The third kappa shape index (κ3) is 2.29. The third-order valence-corrected chi connectivity index (χ3v) is 2.95. The van der Waals surface area contributed by atoms with Gasteiger partial charge in [-0.15, -0.1) is 0 Å². The van der Waals surface area contributed by atoms with Crippen molar-refractivity contribution in [1.82, 2.24) is 9.97 Å². The van der Waals surface area contributed by atoms with Crippen molar-refractivity contribution in [3.8, 4) is 0 Å². The molecule has 0 saturated heterocycles. The number of benzene rings is 2. The largest absolute Gasteiger partial charge is 0.477 e. The van der Waals surface area contributed by atoms with Gasteiger partial charge in [0.05, 0.1) is 0 Å². The summed E-state index contributed by atoms with van der Waals surface area (Å²) in [7, 11) is 0. The molecule has 3 aromatic rings. The maximum Gasteiger partial charge on any atom is 0.341 e. The summed E-state index contributed by atoms with van der Waals surface area (Å²) in [6.07, 6.45) is 2.59. The van der Waals surface area contributed by atoms with E-state index in [4.69, 9.17) is 5.11 Å². The number of rotatable bonds is 3. The topological polar surface area (TPSA) is 75.1 Å². The van der Waals surface area contributed by atoms with Crippen LogP contribution in [0, 0.1) is 0 Å². The molecule has 0 spiro atoms. The van der Waals surface area contributed by atoms with E-state index < -0.39 is 5.97 Å². The van der Waals surface area contributed by atoms with Gasteiger partial charge >= 0.3 is 5.97 Å². The molecule has 0 atom stereocenters. The summed E-state index contributed by atoms with van der Waals surface area (Å²) in [6.45, 7) is 0. The summed E-state index contributed by atoms with van der Waals surface area (Å²) in [4.78, 5) is 18.8. The Morgan fingerprint density at radius 2 is 1.90 bits per heavy atom. The van der Waals surface area contributed by atoms with Crippen LogP contribution in [0.1, 0.15) is 10.4 Å². The van der Waals surface area contributed by atoms with Crippen LogP contribution in [-0.2, 0) is 0 Å². The van der Waals surface area contributed by atoms with Gasteiger partial charge in [0.25, 0.3) is 0 Å². The Labute approximate surface area is 114 Å². The molecule has 98 valence electrons. The number of carboxylic acids is 1. The average molecular weight is 265 g/mol. The van der Waals surface area contributed by atoms with Crippen molar-refractivity contribution >= 4 is 28.2 Å². The van der Waals surface area contributed by atoms with Crippen LogP contribution in [0.2, 0.25) is 0 Å². The molecule has 0 amide bonds. The first-order valence-electron chi connectivity index (χ1n) is 6.03. The van der Waals surface area contributed by atoms with Gasteiger partial charge in [0, 0.05) is 11.9 Å². The fraction of sp³-hybridized carbons (Fsp3) is 0. The van der Waals surface area contributed by atoms with Crippen molar-refractivity contribution < 1.29 is 9.90 Å². The highest BCUT2D eigenvalue weighted by atomic mass is 16.4. The van der Waals surface area contributed by atoms with Crippen molar-refractivity contribution in [2.75, 3.05) is 5.32 Å². The lowest BCUT2D eigenvalue weighted by Crippen LogP contribution is -2.05.